The monoisotopic (exact) mass is 231 g/mol. The average molecular weight is 231 g/mol. The molecule has 0 aliphatic heterocycles. The molecule has 0 aliphatic rings. The summed E-state index contributed by atoms with van der Waals surface area (Å²) in [6.45, 7) is 5.77. The van der Waals surface area contributed by atoms with Gasteiger partial charge in [-0.3, -0.25) is 4.57 Å². The third-order valence-corrected chi connectivity index (χ3v) is 2.81. The van der Waals surface area contributed by atoms with Gasteiger partial charge in [-0.05, 0) is 38.5 Å². The Morgan fingerprint density at radius 2 is 2.06 bits per heavy atom. The van der Waals surface area contributed by atoms with E-state index in [1.807, 2.05) is 45.0 Å². The molecular weight excluding hydrogens is 214 g/mol. The van der Waals surface area contributed by atoms with Crippen molar-refractivity contribution in [3.63, 3.8) is 0 Å². The number of aryl methyl sites for hydroxylation is 1. The molecule has 0 spiro atoms. The number of benzene rings is 1. The number of imidazole rings is 1. The molecule has 0 amide bonds. The molecule has 0 saturated heterocycles. The van der Waals surface area contributed by atoms with E-state index in [9.17, 15) is 4.79 Å². The molecule has 2 rings (SSSR count). The van der Waals surface area contributed by atoms with Crippen LogP contribution in [-0.4, -0.2) is 9.55 Å². The van der Waals surface area contributed by atoms with Gasteiger partial charge in [-0.2, -0.15) is 0 Å². The molecule has 3 N–H and O–H groups in total. The second kappa shape index (κ2) is 3.89. The molecule has 0 atom stereocenters. The van der Waals surface area contributed by atoms with Crippen molar-refractivity contribution in [1.29, 1.82) is 0 Å². The summed E-state index contributed by atoms with van der Waals surface area (Å²) in [7, 11) is 0. The number of nitrogens with two attached hydrogens (primary N) is 1. The van der Waals surface area contributed by atoms with Crippen molar-refractivity contribution in [2.75, 3.05) is 0 Å². The molecule has 0 fully saturated rings. The van der Waals surface area contributed by atoms with E-state index in [1.54, 1.807) is 10.8 Å². The maximum atomic E-state index is 11.7. The van der Waals surface area contributed by atoms with Crippen LogP contribution in [0.3, 0.4) is 0 Å². The first-order valence-electron chi connectivity index (χ1n) is 5.56. The van der Waals surface area contributed by atoms with E-state index < -0.39 is 5.54 Å². The molecule has 0 unspecified atom stereocenters. The van der Waals surface area contributed by atoms with E-state index in [-0.39, 0.29) is 5.69 Å². The normalized spacial score (nSPS) is 11.8. The summed E-state index contributed by atoms with van der Waals surface area (Å²) < 4.78 is 1.63. The Kier molecular flexibility index (Phi) is 2.67. The van der Waals surface area contributed by atoms with Crippen LogP contribution in [0, 0.1) is 6.92 Å². The fourth-order valence-electron chi connectivity index (χ4n) is 1.82. The molecule has 1 heterocycles. The Balaban J connectivity index is 2.59. The summed E-state index contributed by atoms with van der Waals surface area (Å²) in [5.41, 5.74) is 8.23. The van der Waals surface area contributed by atoms with E-state index in [2.05, 4.69) is 4.98 Å². The first-order chi connectivity index (χ1) is 7.89. The number of hydrogen-bond donors (Lipinski definition) is 2. The van der Waals surface area contributed by atoms with Gasteiger partial charge in [-0.15, -0.1) is 0 Å². The van der Waals surface area contributed by atoms with E-state index in [0.717, 1.165) is 16.9 Å². The molecule has 4 nitrogen and oxygen atoms in total. The number of H-pyrrole nitrogens is 1. The Bertz CT molecular complexity index is 587. The summed E-state index contributed by atoms with van der Waals surface area (Å²) in [6, 6.07) is 7.73. The smallest absolute Gasteiger partial charge is 0.322 e. The lowest BCUT2D eigenvalue weighted by molar-refractivity contribution is 0.554. The van der Waals surface area contributed by atoms with Gasteiger partial charge in [0.15, 0.2) is 0 Å². The van der Waals surface area contributed by atoms with Gasteiger partial charge in [0.1, 0.15) is 0 Å². The number of nitrogens with zero attached hydrogens (tertiary/aromatic N) is 1. The molecule has 4 heteroatoms. The fourth-order valence-corrected chi connectivity index (χ4v) is 1.82. The van der Waals surface area contributed by atoms with Crippen molar-refractivity contribution in [1.82, 2.24) is 9.55 Å². The van der Waals surface area contributed by atoms with Crippen LogP contribution in [0.25, 0.3) is 5.69 Å². The Morgan fingerprint density at radius 1 is 1.35 bits per heavy atom. The van der Waals surface area contributed by atoms with Gasteiger partial charge in [0.05, 0.1) is 5.69 Å². The van der Waals surface area contributed by atoms with Crippen molar-refractivity contribution in [3.8, 4) is 5.69 Å². The summed E-state index contributed by atoms with van der Waals surface area (Å²) in [6.07, 6.45) is 1.70. The standard InChI is InChI=1S/C13H17N3O/c1-9-8-15-12(17)16(9)11-6-4-5-10(7-11)13(2,3)14/h4-8H,14H2,1-3H3,(H,15,17). The number of aromatic nitrogens is 2. The third kappa shape index (κ3) is 2.17. The molecule has 0 radical (unpaired) electrons. The van der Waals surface area contributed by atoms with Gasteiger partial charge in [0.25, 0.3) is 0 Å². The number of rotatable bonds is 2. The van der Waals surface area contributed by atoms with Crippen molar-refractivity contribution < 1.29 is 0 Å². The Hall–Kier alpha value is -1.81. The summed E-state index contributed by atoms with van der Waals surface area (Å²) in [5, 5.41) is 0. The lowest BCUT2D eigenvalue weighted by Gasteiger charge is -2.20. The predicted octanol–water partition coefficient (Wildman–Crippen LogP) is 1.67. The van der Waals surface area contributed by atoms with Gasteiger partial charge < -0.3 is 10.7 Å². The SMILES string of the molecule is Cc1c[nH]c(=O)n1-c1cccc(C(C)(C)N)c1. The van der Waals surface area contributed by atoms with Crippen LogP contribution in [0.4, 0.5) is 0 Å². The average Bonchev–Trinajstić information content (AvgIpc) is 2.57. The molecule has 1 aromatic carbocycles. The van der Waals surface area contributed by atoms with Gasteiger partial charge >= 0.3 is 5.69 Å². The molecule has 0 aliphatic carbocycles. The topological polar surface area (TPSA) is 63.8 Å². The summed E-state index contributed by atoms with van der Waals surface area (Å²) in [5.74, 6) is 0. The van der Waals surface area contributed by atoms with E-state index in [1.165, 1.54) is 0 Å². The zero-order valence-corrected chi connectivity index (χ0v) is 10.3. The van der Waals surface area contributed by atoms with Gasteiger partial charge in [-0.25, -0.2) is 4.79 Å². The first-order valence-corrected chi connectivity index (χ1v) is 5.56. The fraction of sp³-hybridized carbons (Fsp3) is 0.308. The van der Waals surface area contributed by atoms with E-state index in [0.29, 0.717) is 0 Å². The van der Waals surface area contributed by atoms with Crippen LogP contribution in [0.2, 0.25) is 0 Å². The van der Waals surface area contributed by atoms with Crippen LogP contribution in [0.15, 0.2) is 35.3 Å². The minimum Gasteiger partial charge on any atom is -0.322 e. The lowest BCUT2D eigenvalue weighted by atomic mass is 9.95. The first kappa shape index (κ1) is 11.7. The number of aromatic amines is 1. The molecule has 90 valence electrons. The zero-order valence-electron chi connectivity index (χ0n) is 10.3. The predicted molar refractivity (Wildman–Crippen MR) is 68.3 cm³/mol. The van der Waals surface area contributed by atoms with Crippen molar-refractivity contribution >= 4 is 0 Å². The minimum atomic E-state index is -0.413. The molecule has 2 aromatic rings. The molecule has 1 aromatic heterocycles. The molecule has 0 bridgehead atoms. The highest BCUT2D eigenvalue weighted by Gasteiger charge is 2.15. The lowest BCUT2D eigenvalue weighted by Crippen LogP contribution is -2.29. The Labute approximate surface area is 100 Å². The highest BCUT2D eigenvalue weighted by molar-refractivity contribution is 5.39. The second-order valence-corrected chi connectivity index (χ2v) is 4.84. The maximum absolute atomic E-state index is 11.7. The van der Waals surface area contributed by atoms with Crippen molar-refractivity contribution in [2.45, 2.75) is 26.3 Å². The molecule has 17 heavy (non-hydrogen) atoms. The zero-order chi connectivity index (χ0) is 12.6. The third-order valence-electron chi connectivity index (χ3n) is 2.81. The van der Waals surface area contributed by atoms with Crippen LogP contribution in [-0.2, 0) is 5.54 Å². The highest BCUT2D eigenvalue weighted by atomic mass is 16.1. The number of nitrogens with one attached hydrogen (secondary N) is 1. The van der Waals surface area contributed by atoms with Crippen molar-refractivity contribution in [3.05, 3.63) is 52.2 Å². The highest BCUT2D eigenvalue weighted by Crippen LogP contribution is 2.19. The summed E-state index contributed by atoms with van der Waals surface area (Å²) in [4.78, 5) is 14.3. The Morgan fingerprint density at radius 3 is 2.59 bits per heavy atom. The minimum absolute atomic E-state index is 0.130. The van der Waals surface area contributed by atoms with Gasteiger partial charge in [0, 0.05) is 17.4 Å². The van der Waals surface area contributed by atoms with E-state index in [4.69, 9.17) is 5.73 Å². The maximum Gasteiger partial charge on any atom is 0.330 e. The van der Waals surface area contributed by atoms with Gasteiger partial charge in [-0.1, -0.05) is 12.1 Å². The van der Waals surface area contributed by atoms with Gasteiger partial charge in [0.2, 0.25) is 0 Å². The van der Waals surface area contributed by atoms with Crippen LogP contribution in [0.1, 0.15) is 25.1 Å². The van der Waals surface area contributed by atoms with E-state index >= 15 is 0 Å². The number of hydrogen-bond acceptors (Lipinski definition) is 2. The largest absolute Gasteiger partial charge is 0.330 e. The second-order valence-electron chi connectivity index (χ2n) is 4.84. The summed E-state index contributed by atoms with van der Waals surface area (Å²) >= 11 is 0. The van der Waals surface area contributed by atoms with Crippen molar-refractivity contribution in [2.24, 2.45) is 5.73 Å². The molecular formula is C13H17N3O. The van der Waals surface area contributed by atoms with Crippen LogP contribution < -0.4 is 11.4 Å². The van der Waals surface area contributed by atoms with Crippen LogP contribution in [0.5, 0.6) is 0 Å². The quantitative estimate of drug-likeness (QED) is 0.825. The van der Waals surface area contributed by atoms with Crippen LogP contribution >= 0.6 is 0 Å². The molecule has 0 saturated carbocycles.